The maximum Gasteiger partial charge on any atom is 0.222 e. The molecule has 1 aromatic heterocycles. The number of nitrogens with zero attached hydrogens (tertiary/aromatic N) is 4. The second kappa shape index (κ2) is 7.18. The molecule has 3 heterocycles. The van der Waals surface area contributed by atoms with E-state index in [0.717, 1.165) is 44.7 Å². The highest BCUT2D eigenvalue weighted by molar-refractivity contribution is 5.77. The van der Waals surface area contributed by atoms with E-state index in [2.05, 4.69) is 16.0 Å². The van der Waals surface area contributed by atoms with E-state index in [9.17, 15) is 4.79 Å². The van der Waals surface area contributed by atoms with Crippen LogP contribution in [-0.2, 0) is 9.53 Å². The van der Waals surface area contributed by atoms with Crippen LogP contribution < -0.4 is 4.90 Å². The zero-order chi connectivity index (χ0) is 17.0. The van der Waals surface area contributed by atoms with Gasteiger partial charge in [-0.1, -0.05) is 6.07 Å². The Kier molecular flexibility index (Phi) is 5.00. The highest BCUT2D eigenvalue weighted by Crippen LogP contribution is 2.39. The molecule has 1 amide bonds. The maximum absolute atomic E-state index is 12.2. The molecule has 128 valence electrons. The Morgan fingerprint density at radius 2 is 2.25 bits per heavy atom. The molecule has 24 heavy (non-hydrogen) atoms. The van der Waals surface area contributed by atoms with Crippen molar-refractivity contribution in [2.45, 2.75) is 25.7 Å². The molecular formula is C18H24N4O2. The molecule has 0 radical (unpaired) electrons. The van der Waals surface area contributed by atoms with Crippen molar-refractivity contribution < 1.29 is 9.53 Å². The molecule has 1 aromatic rings. The Morgan fingerprint density at radius 1 is 1.38 bits per heavy atom. The number of rotatable bonds is 4. The number of carbonyl (C=O) groups excluding carboxylic acids is 1. The molecule has 2 aliphatic heterocycles. The molecule has 3 rings (SSSR count). The van der Waals surface area contributed by atoms with E-state index in [1.165, 1.54) is 0 Å². The molecule has 0 bridgehead atoms. The second-order valence-corrected chi connectivity index (χ2v) is 6.83. The lowest BCUT2D eigenvalue weighted by atomic mass is 9.73. The Hall–Kier alpha value is -2.13. The molecule has 0 saturated carbocycles. The first-order valence-corrected chi connectivity index (χ1v) is 8.55. The number of methoxy groups -OCH3 is 1. The molecule has 1 atom stereocenters. The average molecular weight is 328 g/mol. The van der Waals surface area contributed by atoms with Gasteiger partial charge in [0.2, 0.25) is 5.91 Å². The van der Waals surface area contributed by atoms with Gasteiger partial charge in [0.25, 0.3) is 0 Å². The predicted molar refractivity (Wildman–Crippen MR) is 90.5 cm³/mol. The van der Waals surface area contributed by atoms with Crippen LogP contribution in [0.3, 0.4) is 0 Å². The largest absolute Gasteiger partial charge is 0.383 e. The van der Waals surface area contributed by atoms with Crippen LogP contribution in [0.15, 0.2) is 18.2 Å². The van der Waals surface area contributed by atoms with Crippen molar-refractivity contribution in [1.29, 1.82) is 5.26 Å². The Morgan fingerprint density at radius 3 is 3.04 bits per heavy atom. The van der Waals surface area contributed by atoms with E-state index in [-0.39, 0.29) is 11.3 Å². The van der Waals surface area contributed by atoms with Crippen LogP contribution in [0.25, 0.3) is 0 Å². The minimum Gasteiger partial charge on any atom is -0.383 e. The summed E-state index contributed by atoms with van der Waals surface area (Å²) in [4.78, 5) is 20.8. The molecule has 0 aliphatic carbocycles. The van der Waals surface area contributed by atoms with Crippen LogP contribution in [0.2, 0.25) is 0 Å². The number of nitriles is 1. The van der Waals surface area contributed by atoms with E-state index in [1.54, 1.807) is 13.2 Å². The fourth-order valence-corrected chi connectivity index (χ4v) is 3.91. The Balaban J connectivity index is 1.74. The first-order valence-electron chi connectivity index (χ1n) is 8.55. The number of likely N-dealkylation sites (tertiary alicyclic amines) is 1. The average Bonchev–Trinajstić information content (AvgIpc) is 2.63. The lowest BCUT2D eigenvalue weighted by Crippen LogP contribution is -2.54. The normalized spacial score (nSPS) is 24.2. The van der Waals surface area contributed by atoms with Crippen LogP contribution in [0.1, 0.15) is 31.4 Å². The Labute approximate surface area is 143 Å². The zero-order valence-corrected chi connectivity index (χ0v) is 14.2. The number of hydrogen-bond acceptors (Lipinski definition) is 5. The summed E-state index contributed by atoms with van der Waals surface area (Å²) < 4.78 is 5.14. The van der Waals surface area contributed by atoms with Crippen LogP contribution >= 0.6 is 0 Å². The predicted octanol–water partition coefficient (Wildman–Crippen LogP) is 1.81. The molecule has 2 saturated heterocycles. The first kappa shape index (κ1) is 16.7. The van der Waals surface area contributed by atoms with Gasteiger partial charge in [-0.25, -0.2) is 4.98 Å². The summed E-state index contributed by atoms with van der Waals surface area (Å²) in [5, 5.41) is 9.06. The number of amides is 1. The summed E-state index contributed by atoms with van der Waals surface area (Å²) in [5.41, 5.74) is 0.581. The van der Waals surface area contributed by atoms with Gasteiger partial charge in [0.1, 0.15) is 17.6 Å². The van der Waals surface area contributed by atoms with Crippen molar-refractivity contribution in [2.24, 2.45) is 5.41 Å². The molecule has 6 nitrogen and oxygen atoms in total. The van der Waals surface area contributed by atoms with Gasteiger partial charge in [-0.15, -0.1) is 0 Å². The number of ether oxygens (including phenoxy) is 1. The number of carbonyl (C=O) groups is 1. The van der Waals surface area contributed by atoms with Gasteiger partial charge >= 0.3 is 0 Å². The molecule has 6 heteroatoms. The number of hydrogen-bond donors (Lipinski definition) is 0. The number of aromatic nitrogens is 1. The van der Waals surface area contributed by atoms with Gasteiger partial charge in [-0.05, 0) is 31.4 Å². The zero-order valence-electron chi connectivity index (χ0n) is 14.2. The van der Waals surface area contributed by atoms with Crippen LogP contribution in [0.5, 0.6) is 0 Å². The monoisotopic (exact) mass is 328 g/mol. The highest BCUT2D eigenvalue weighted by atomic mass is 16.5. The minimum absolute atomic E-state index is 0.129. The highest BCUT2D eigenvalue weighted by Gasteiger charge is 2.41. The lowest BCUT2D eigenvalue weighted by Gasteiger charge is -2.48. The molecule has 0 unspecified atom stereocenters. The van der Waals surface area contributed by atoms with Crippen molar-refractivity contribution in [1.82, 2.24) is 9.88 Å². The summed E-state index contributed by atoms with van der Waals surface area (Å²) in [5.74, 6) is 1.10. The summed E-state index contributed by atoms with van der Waals surface area (Å²) >= 11 is 0. The molecule has 2 fully saturated rings. The molecule has 0 N–H and O–H groups in total. The van der Waals surface area contributed by atoms with E-state index < -0.39 is 0 Å². The third-order valence-corrected chi connectivity index (χ3v) is 5.15. The summed E-state index contributed by atoms with van der Waals surface area (Å²) in [6.45, 7) is 3.89. The maximum atomic E-state index is 12.2. The molecule has 2 aliphatic rings. The molecule has 1 spiro atoms. The Bertz CT molecular complexity index is 642. The fraction of sp³-hybridized carbons (Fsp3) is 0.611. The van der Waals surface area contributed by atoms with Crippen LogP contribution in [-0.4, -0.2) is 55.7 Å². The van der Waals surface area contributed by atoms with E-state index >= 15 is 0 Å². The van der Waals surface area contributed by atoms with Crippen molar-refractivity contribution in [3.8, 4) is 6.07 Å². The first-order chi connectivity index (χ1) is 11.7. The van der Waals surface area contributed by atoms with Gasteiger partial charge in [0, 0.05) is 45.1 Å². The number of piperidine rings is 2. The smallest absolute Gasteiger partial charge is 0.222 e. The third kappa shape index (κ3) is 3.51. The van der Waals surface area contributed by atoms with Gasteiger partial charge < -0.3 is 14.5 Å². The van der Waals surface area contributed by atoms with Gasteiger partial charge in [0.05, 0.1) is 6.61 Å². The standard InChI is InChI=1S/C18H24N4O2/c1-24-11-10-22-14-18(8-6-17(22)23)7-3-9-21(13-18)16-5-2-4-15(12-19)20-16/h2,4-5H,3,6-11,13-14H2,1H3/t18-/m1/s1. The number of pyridine rings is 1. The van der Waals surface area contributed by atoms with Gasteiger partial charge in [0.15, 0.2) is 0 Å². The van der Waals surface area contributed by atoms with Gasteiger partial charge in [-0.2, -0.15) is 5.26 Å². The number of anilines is 1. The SMILES string of the molecule is COCCN1C[C@]2(CCCN(c3cccc(C#N)n3)C2)CCC1=O. The van der Waals surface area contributed by atoms with Crippen molar-refractivity contribution >= 4 is 11.7 Å². The van der Waals surface area contributed by atoms with Crippen LogP contribution in [0, 0.1) is 16.7 Å². The quantitative estimate of drug-likeness (QED) is 0.843. The fourth-order valence-electron chi connectivity index (χ4n) is 3.91. The summed E-state index contributed by atoms with van der Waals surface area (Å²) in [6, 6.07) is 7.70. The summed E-state index contributed by atoms with van der Waals surface area (Å²) in [6.07, 6.45) is 3.77. The topological polar surface area (TPSA) is 69.5 Å². The second-order valence-electron chi connectivity index (χ2n) is 6.83. The summed E-state index contributed by atoms with van der Waals surface area (Å²) in [7, 11) is 1.67. The minimum atomic E-state index is 0.129. The van der Waals surface area contributed by atoms with E-state index in [0.29, 0.717) is 25.3 Å². The van der Waals surface area contributed by atoms with Crippen molar-refractivity contribution in [3.63, 3.8) is 0 Å². The third-order valence-electron chi connectivity index (χ3n) is 5.15. The van der Waals surface area contributed by atoms with Crippen molar-refractivity contribution in [2.75, 3.05) is 44.8 Å². The lowest BCUT2D eigenvalue weighted by molar-refractivity contribution is -0.138. The van der Waals surface area contributed by atoms with E-state index in [1.807, 2.05) is 17.0 Å². The van der Waals surface area contributed by atoms with E-state index in [4.69, 9.17) is 10.00 Å². The van der Waals surface area contributed by atoms with Gasteiger partial charge in [-0.3, -0.25) is 4.79 Å². The van der Waals surface area contributed by atoms with Crippen LogP contribution in [0.4, 0.5) is 5.82 Å². The molecular weight excluding hydrogens is 304 g/mol. The molecule has 0 aromatic carbocycles. The van der Waals surface area contributed by atoms with Crippen molar-refractivity contribution in [3.05, 3.63) is 23.9 Å².